The van der Waals surface area contributed by atoms with Crippen LogP contribution in [-0.2, 0) is 4.74 Å². The quantitative estimate of drug-likeness (QED) is 0.876. The molecule has 0 radical (unpaired) electrons. The Balaban J connectivity index is 2.04. The van der Waals surface area contributed by atoms with Crippen molar-refractivity contribution < 1.29 is 9.53 Å². The fourth-order valence-corrected chi connectivity index (χ4v) is 2.69. The van der Waals surface area contributed by atoms with E-state index in [1.165, 1.54) is 0 Å². The van der Waals surface area contributed by atoms with Crippen LogP contribution < -0.4 is 5.32 Å². The van der Waals surface area contributed by atoms with Crippen molar-refractivity contribution in [2.75, 3.05) is 18.5 Å². The summed E-state index contributed by atoms with van der Waals surface area (Å²) in [5, 5.41) is 7.79. The molecule has 21 heavy (non-hydrogen) atoms. The molecule has 2 aromatic rings. The number of esters is 1. The molecule has 2 aromatic heterocycles. The molecule has 1 aliphatic heterocycles. The molecule has 1 unspecified atom stereocenters. The molecule has 0 saturated heterocycles. The summed E-state index contributed by atoms with van der Waals surface area (Å²) in [7, 11) is 0. The van der Waals surface area contributed by atoms with Gasteiger partial charge in [0.2, 0.25) is 0 Å². The Bertz CT molecular complexity index is 651. The van der Waals surface area contributed by atoms with Gasteiger partial charge in [-0.15, -0.1) is 0 Å². The molecule has 0 aromatic carbocycles. The van der Waals surface area contributed by atoms with Gasteiger partial charge in [-0.3, -0.25) is 4.98 Å². The van der Waals surface area contributed by atoms with Crippen molar-refractivity contribution in [2.24, 2.45) is 0 Å². The Labute approximate surface area is 123 Å². The lowest BCUT2D eigenvalue weighted by Gasteiger charge is -2.25. The highest BCUT2D eigenvalue weighted by Crippen LogP contribution is 2.32. The molecule has 0 fully saturated rings. The Hall–Kier alpha value is -2.37. The highest BCUT2D eigenvalue weighted by Gasteiger charge is 2.30. The number of rotatable bonds is 3. The topological polar surface area (TPSA) is 69.0 Å². The number of fused-ring (bicyclic) bond motifs is 1. The third-order valence-corrected chi connectivity index (χ3v) is 3.60. The molecule has 0 spiro atoms. The van der Waals surface area contributed by atoms with Gasteiger partial charge in [-0.25, -0.2) is 9.48 Å². The number of carbonyl (C=O) groups is 1. The number of aromatic nitrogens is 3. The SMILES string of the molecule is CCOC(=O)c1c(C)nn2c1NCCC2c1ccccn1. The molecule has 6 heteroatoms. The van der Waals surface area contributed by atoms with Crippen molar-refractivity contribution in [1.29, 1.82) is 0 Å². The molecule has 1 aliphatic rings. The van der Waals surface area contributed by atoms with Gasteiger partial charge in [-0.05, 0) is 32.4 Å². The molecule has 6 nitrogen and oxygen atoms in total. The Morgan fingerprint density at radius 2 is 2.38 bits per heavy atom. The third kappa shape index (κ3) is 2.37. The van der Waals surface area contributed by atoms with Gasteiger partial charge < -0.3 is 10.1 Å². The van der Waals surface area contributed by atoms with Gasteiger partial charge in [0, 0.05) is 12.7 Å². The number of carbonyl (C=O) groups excluding carboxylic acids is 1. The van der Waals surface area contributed by atoms with Crippen LogP contribution in [0, 0.1) is 6.92 Å². The first-order chi connectivity index (χ1) is 10.2. The summed E-state index contributed by atoms with van der Waals surface area (Å²) in [5.41, 5.74) is 2.16. The average Bonchev–Trinajstić information content (AvgIpc) is 2.84. The summed E-state index contributed by atoms with van der Waals surface area (Å²) in [5.74, 6) is 0.401. The van der Waals surface area contributed by atoms with E-state index in [2.05, 4.69) is 15.4 Å². The lowest BCUT2D eigenvalue weighted by Crippen LogP contribution is -2.26. The minimum absolute atomic E-state index is 0.0457. The number of nitrogens with zero attached hydrogens (tertiary/aromatic N) is 3. The van der Waals surface area contributed by atoms with Gasteiger partial charge in [-0.2, -0.15) is 5.10 Å². The monoisotopic (exact) mass is 286 g/mol. The number of pyridine rings is 1. The van der Waals surface area contributed by atoms with E-state index in [4.69, 9.17) is 4.74 Å². The molecule has 0 saturated carbocycles. The molecule has 1 atom stereocenters. The van der Waals surface area contributed by atoms with Crippen molar-refractivity contribution in [3.63, 3.8) is 0 Å². The van der Waals surface area contributed by atoms with Gasteiger partial charge >= 0.3 is 5.97 Å². The van der Waals surface area contributed by atoms with Gasteiger partial charge in [0.25, 0.3) is 0 Å². The number of hydrogen-bond donors (Lipinski definition) is 1. The molecule has 0 bridgehead atoms. The maximum absolute atomic E-state index is 12.1. The maximum atomic E-state index is 12.1. The summed E-state index contributed by atoms with van der Waals surface area (Å²) in [6.07, 6.45) is 2.66. The van der Waals surface area contributed by atoms with E-state index in [-0.39, 0.29) is 12.0 Å². The van der Waals surface area contributed by atoms with E-state index in [9.17, 15) is 4.79 Å². The highest BCUT2D eigenvalue weighted by atomic mass is 16.5. The number of anilines is 1. The first kappa shape index (κ1) is 13.6. The van der Waals surface area contributed by atoms with Crippen LogP contribution in [0.4, 0.5) is 5.82 Å². The number of nitrogens with one attached hydrogen (secondary N) is 1. The molecule has 1 N–H and O–H groups in total. The van der Waals surface area contributed by atoms with E-state index in [0.29, 0.717) is 17.9 Å². The lowest BCUT2D eigenvalue weighted by molar-refractivity contribution is 0.0526. The zero-order valence-corrected chi connectivity index (χ0v) is 12.2. The van der Waals surface area contributed by atoms with Crippen LogP contribution >= 0.6 is 0 Å². The van der Waals surface area contributed by atoms with Crippen LogP contribution in [0.5, 0.6) is 0 Å². The van der Waals surface area contributed by atoms with Crippen LogP contribution in [-0.4, -0.2) is 33.9 Å². The number of hydrogen-bond acceptors (Lipinski definition) is 5. The van der Waals surface area contributed by atoms with Crippen molar-refractivity contribution in [3.05, 3.63) is 41.3 Å². The molecule has 0 aliphatic carbocycles. The summed E-state index contributed by atoms with van der Waals surface area (Å²) in [6, 6.07) is 5.89. The lowest BCUT2D eigenvalue weighted by atomic mass is 10.1. The van der Waals surface area contributed by atoms with Crippen LogP contribution in [0.3, 0.4) is 0 Å². The van der Waals surface area contributed by atoms with Crippen molar-refractivity contribution >= 4 is 11.8 Å². The zero-order chi connectivity index (χ0) is 14.8. The predicted octanol–water partition coefficient (Wildman–Crippen LogP) is 2.17. The summed E-state index contributed by atoms with van der Waals surface area (Å²) >= 11 is 0. The van der Waals surface area contributed by atoms with E-state index >= 15 is 0 Å². The highest BCUT2D eigenvalue weighted by molar-refractivity contribution is 5.96. The van der Waals surface area contributed by atoms with Crippen LogP contribution in [0.25, 0.3) is 0 Å². The smallest absolute Gasteiger partial charge is 0.343 e. The normalized spacial score (nSPS) is 17.0. The molecule has 0 amide bonds. The van der Waals surface area contributed by atoms with Crippen LogP contribution in [0.1, 0.15) is 41.1 Å². The fraction of sp³-hybridized carbons (Fsp3) is 0.400. The average molecular weight is 286 g/mol. The van der Waals surface area contributed by atoms with Gasteiger partial charge in [0.05, 0.1) is 24.0 Å². The minimum atomic E-state index is -0.328. The Kier molecular flexibility index (Phi) is 3.60. The standard InChI is InChI=1S/C15H18N4O2/c1-3-21-15(20)13-10(2)18-19-12(7-9-17-14(13)19)11-6-4-5-8-16-11/h4-6,8,12,17H,3,7,9H2,1-2H3. The minimum Gasteiger partial charge on any atom is -0.462 e. The third-order valence-electron chi connectivity index (χ3n) is 3.60. The van der Waals surface area contributed by atoms with Gasteiger partial charge in [0.1, 0.15) is 11.4 Å². The van der Waals surface area contributed by atoms with Crippen LogP contribution in [0.2, 0.25) is 0 Å². The van der Waals surface area contributed by atoms with Gasteiger partial charge in [-0.1, -0.05) is 6.07 Å². The Morgan fingerprint density at radius 1 is 1.52 bits per heavy atom. The largest absolute Gasteiger partial charge is 0.462 e. The van der Waals surface area contributed by atoms with E-state index in [0.717, 1.165) is 24.5 Å². The van der Waals surface area contributed by atoms with E-state index in [1.54, 1.807) is 13.1 Å². The second kappa shape index (κ2) is 5.55. The Morgan fingerprint density at radius 3 is 3.10 bits per heavy atom. The summed E-state index contributed by atoms with van der Waals surface area (Å²) < 4.78 is 6.98. The number of aryl methyl sites for hydroxylation is 1. The molecule has 3 rings (SSSR count). The first-order valence-electron chi connectivity index (χ1n) is 7.13. The van der Waals surface area contributed by atoms with Crippen LogP contribution in [0.15, 0.2) is 24.4 Å². The molecular weight excluding hydrogens is 268 g/mol. The first-order valence-corrected chi connectivity index (χ1v) is 7.13. The van der Waals surface area contributed by atoms with E-state index < -0.39 is 0 Å². The number of ether oxygens (including phenoxy) is 1. The predicted molar refractivity (Wildman–Crippen MR) is 78.4 cm³/mol. The molecule has 3 heterocycles. The van der Waals surface area contributed by atoms with Crippen molar-refractivity contribution in [2.45, 2.75) is 26.3 Å². The maximum Gasteiger partial charge on any atom is 0.343 e. The fourth-order valence-electron chi connectivity index (χ4n) is 2.69. The second-order valence-corrected chi connectivity index (χ2v) is 4.96. The molecular formula is C15H18N4O2. The van der Waals surface area contributed by atoms with Crippen molar-refractivity contribution in [1.82, 2.24) is 14.8 Å². The second-order valence-electron chi connectivity index (χ2n) is 4.96. The van der Waals surface area contributed by atoms with E-state index in [1.807, 2.05) is 29.8 Å². The van der Waals surface area contributed by atoms with Crippen molar-refractivity contribution in [3.8, 4) is 0 Å². The zero-order valence-electron chi connectivity index (χ0n) is 12.2. The molecule has 110 valence electrons. The van der Waals surface area contributed by atoms with Gasteiger partial charge in [0.15, 0.2) is 0 Å². The summed E-state index contributed by atoms with van der Waals surface area (Å²) in [6.45, 7) is 4.76. The summed E-state index contributed by atoms with van der Waals surface area (Å²) in [4.78, 5) is 16.5.